The Morgan fingerprint density at radius 3 is 2.63 bits per heavy atom. The molecule has 1 aromatic rings. The van der Waals surface area contributed by atoms with Crippen molar-refractivity contribution in [3.8, 4) is 11.5 Å². The Bertz CT molecular complexity index is 469. The molecule has 0 aliphatic carbocycles. The first-order valence-electron chi connectivity index (χ1n) is 6.27. The monoisotopic (exact) mass is 265 g/mol. The first-order chi connectivity index (χ1) is 9.01. The van der Waals surface area contributed by atoms with Crippen LogP contribution in [-0.2, 0) is 4.79 Å². The van der Waals surface area contributed by atoms with E-state index in [2.05, 4.69) is 4.90 Å². The Hall–Kier alpha value is -1.75. The zero-order valence-corrected chi connectivity index (χ0v) is 11.4. The first kappa shape index (κ1) is 13.7. The molecule has 2 rings (SSSR count). The molecule has 1 N–H and O–H groups in total. The molecular formula is C14H19NO4. The van der Waals surface area contributed by atoms with Crippen LogP contribution in [0.5, 0.6) is 11.5 Å². The van der Waals surface area contributed by atoms with E-state index in [0.29, 0.717) is 17.1 Å². The fraction of sp³-hybridized carbons (Fsp3) is 0.500. The average molecular weight is 265 g/mol. The summed E-state index contributed by atoms with van der Waals surface area (Å²) in [5, 5.41) is 9.01. The highest BCUT2D eigenvalue weighted by atomic mass is 16.5. The molecular weight excluding hydrogens is 246 g/mol. The van der Waals surface area contributed by atoms with Crippen LogP contribution in [0.4, 0.5) is 0 Å². The van der Waals surface area contributed by atoms with Crippen molar-refractivity contribution < 1.29 is 19.4 Å². The Morgan fingerprint density at radius 2 is 2.11 bits per heavy atom. The van der Waals surface area contributed by atoms with E-state index in [1.165, 1.54) is 0 Å². The van der Waals surface area contributed by atoms with E-state index in [0.717, 1.165) is 13.1 Å². The topological polar surface area (TPSA) is 59.0 Å². The molecule has 1 aliphatic heterocycles. The number of aliphatic carboxylic acids is 1. The molecule has 1 saturated heterocycles. The van der Waals surface area contributed by atoms with Gasteiger partial charge in [0.05, 0.1) is 13.0 Å². The van der Waals surface area contributed by atoms with E-state index in [9.17, 15) is 4.79 Å². The van der Waals surface area contributed by atoms with Crippen LogP contribution in [-0.4, -0.2) is 49.3 Å². The second kappa shape index (κ2) is 5.48. The number of methoxy groups -OCH3 is 1. The largest absolute Gasteiger partial charge is 0.493 e. The molecule has 1 aliphatic rings. The number of carbonyl (C=O) groups is 1. The van der Waals surface area contributed by atoms with Crippen LogP contribution < -0.4 is 9.47 Å². The van der Waals surface area contributed by atoms with Gasteiger partial charge in [0.25, 0.3) is 0 Å². The summed E-state index contributed by atoms with van der Waals surface area (Å²) in [5.41, 5.74) is 0.711. The molecule has 0 amide bonds. The number of hydrogen-bond donors (Lipinski definition) is 1. The second-order valence-electron chi connectivity index (χ2n) is 4.93. The number of carboxylic acid groups (broad SMARTS) is 1. The Labute approximate surface area is 112 Å². The van der Waals surface area contributed by atoms with E-state index in [4.69, 9.17) is 14.6 Å². The van der Waals surface area contributed by atoms with Crippen molar-refractivity contribution in [1.29, 1.82) is 0 Å². The van der Waals surface area contributed by atoms with Gasteiger partial charge in [0.2, 0.25) is 0 Å². The van der Waals surface area contributed by atoms with Crippen LogP contribution in [0.3, 0.4) is 0 Å². The van der Waals surface area contributed by atoms with Crippen LogP contribution in [0.1, 0.15) is 18.4 Å². The molecule has 1 fully saturated rings. The predicted molar refractivity (Wildman–Crippen MR) is 71.0 cm³/mol. The van der Waals surface area contributed by atoms with Crippen LogP contribution in [0.25, 0.3) is 0 Å². The van der Waals surface area contributed by atoms with E-state index < -0.39 is 11.9 Å². The van der Waals surface area contributed by atoms with Crippen LogP contribution in [0.2, 0.25) is 0 Å². The maximum Gasteiger partial charge on any atom is 0.310 e. The normalized spacial score (nSPS) is 17.6. The van der Waals surface area contributed by atoms with Gasteiger partial charge in [-0.05, 0) is 31.7 Å². The Morgan fingerprint density at radius 1 is 1.42 bits per heavy atom. The van der Waals surface area contributed by atoms with Gasteiger partial charge < -0.3 is 14.6 Å². The lowest BCUT2D eigenvalue weighted by Gasteiger charge is -2.36. The summed E-state index contributed by atoms with van der Waals surface area (Å²) >= 11 is 0. The predicted octanol–water partition coefficient (Wildman–Crippen LogP) is 1.58. The van der Waals surface area contributed by atoms with E-state index in [-0.39, 0.29) is 6.10 Å². The van der Waals surface area contributed by atoms with E-state index >= 15 is 0 Å². The molecule has 0 spiro atoms. The minimum absolute atomic E-state index is 0.182. The van der Waals surface area contributed by atoms with Crippen molar-refractivity contribution in [3.63, 3.8) is 0 Å². The molecule has 0 saturated carbocycles. The lowest BCUT2D eigenvalue weighted by molar-refractivity contribution is -0.138. The highest BCUT2D eigenvalue weighted by Gasteiger charge is 2.26. The zero-order chi connectivity index (χ0) is 14.0. The number of nitrogens with zero attached hydrogens (tertiary/aromatic N) is 1. The molecule has 5 nitrogen and oxygen atoms in total. The van der Waals surface area contributed by atoms with Crippen molar-refractivity contribution in [2.45, 2.75) is 18.9 Å². The molecule has 1 heterocycles. The third-order valence-electron chi connectivity index (χ3n) is 3.38. The standard InChI is InChI=1S/C14H19NO4/c1-9(14(16)17)10-4-5-12(13(6-10)18-3)19-11-7-15(2)8-11/h4-6,9,11H,7-8H2,1-3H3,(H,16,17). The van der Waals surface area contributed by atoms with Gasteiger partial charge in [-0.3, -0.25) is 9.69 Å². The van der Waals surface area contributed by atoms with Crippen LogP contribution in [0.15, 0.2) is 18.2 Å². The van der Waals surface area contributed by atoms with Crippen molar-refractivity contribution in [2.75, 3.05) is 27.2 Å². The third-order valence-corrected chi connectivity index (χ3v) is 3.38. The summed E-state index contributed by atoms with van der Waals surface area (Å²) < 4.78 is 11.1. The Kier molecular flexibility index (Phi) is 3.95. The first-order valence-corrected chi connectivity index (χ1v) is 6.27. The quantitative estimate of drug-likeness (QED) is 0.876. The summed E-state index contributed by atoms with van der Waals surface area (Å²) in [7, 11) is 3.60. The number of carboxylic acids is 1. The van der Waals surface area contributed by atoms with Crippen LogP contribution in [0, 0.1) is 0 Å². The van der Waals surface area contributed by atoms with Gasteiger partial charge in [-0.15, -0.1) is 0 Å². The highest BCUT2D eigenvalue weighted by molar-refractivity contribution is 5.75. The molecule has 5 heteroatoms. The lowest BCUT2D eigenvalue weighted by atomic mass is 10.0. The fourth-order valence-corrected chi connectivity index (χ4v) is 2.09. The van der Waals surface area contributed by atoms with Crippen molar-refractivity contribution in [3.05, 3.63) is 23.8 Å². The number of hydrogen-bond acceptors (Lipinski definition) is 4. The molecule has 0 aromatic heterocycles. The molecule has 104 valence electrons. The maximum absolute atomic E-state index is 11.0. The fourth-order valence-electron chi connectivity index (χ4n) is 2.09. The van der Waals surface area contributed by atoms with Gasteiger partial charge in [-0.25, -0.2) is 0 Å². The average Bonchev–Trinajstić information content (AvgIpc) is 2.36. The number of rotatable bonds is 5. The highest BCUT2D eigenvalue weighted by Crippen LogP contribution is 2.32. The smallest absolute Gasteiger partial charge is 0.310 e. The van der Waals surface area contributed by atoms with Gasteiger partial charge >= 0.3 is 5.97 Å². The molecule has 1 atom stereocenters. The van der Waals surface area contributed by atoms with Gasteiger partial charge in [0, 0.05) is 13.1 Å². The van der Waals surface area contributed by atoms with Crippen molar-refractivity contribution in [2.24, 2.45) is 0 Å². The third kappa shape index (κ3) is 2.98. The lowest BCUT2D eigenvalue weighted by Crippen LogP contribution is -2.51. The summed E-state index contributed by atoms with van der Waals surface area (Å²) in [4.78, 5) is 13.1. The van der Waals surface area contributed by atoms with Crippen molar-refractivity contribution in [1.82, 2.24) is 4.90 Å². The van der Waals surface area contributed by atoms with Gasteiger partial charge in [0.15, 0.2) is 11.5 Å². The minimum Gasteiger partial charge on any atom is -0.493 e. The molecule has 0 bridgehead atoms. The second-order valence-corrected chi connectivity index (χ2v) is 4.93. The number of likely N-dealkylation sites (tertiary alicyclic amines) is 1. The van der Waals surface area contributed by atoms with Crippen molar-refractivity contribution >= 4 is 5.97 Å². The van der Waals surface area contributed by atoms with E-state index in [1.54, 1.807) is 32.2 Å². The minimum atomic E-state index is -0.851. The number of likely N-dealkylation sites (N-methyl/N-ethyl adjacent to an activating group) is 1. The summed E-state index contributed by atoms with van der Waals surface area (Å²) in [6, 6.07) is 5.29. The van der Waals surface area contributed by atoms with Gasteiger partial charge in [-0.1, -0.05) is 6.07 Å². The molecule has 0 radical (unpaired) electrons. The summed E-state index contributed by atoms with van der Waals surface area (Å²) in [5.74, 6) is -0.156. The van der Waals surface area contributed by atoms with Gasteiger partial charge in [-0.2, -0.15) is 0 Å². The van der Waals surface area contributed by atoms with Gasteiger partial charge in [0.1, 0.15) is 6.10 Å². The molecule has 1 unspecified atom stereocenters. The summed E-state index contributed by atoms with van der Waals surface area (Å²) in [6.45, 7) is 3.45. The number of ether oxygens (including phenoxy) is 2. The Balaban J connectivity index is 2.14. The van der Waals surface area contributed by atoms with Crippen LogP contribution >= 0.6 is 0 Å². The zero-order valence-electron chi connectivity index (χ0n) is 11.4. The summed E-state index contributed by atoms with van der Waals surface area (Å²) in [6.07, 6.45) is 0.182. The SMILES string of the molecule is COc1cc(C(C)C(=O)O)ccc1OC1CN(C)C1. The maximum atomic E-state index is 11.0. The number of benzene rings is 1. The van der Waals surface area contributed by atoms with E-state index in [1.807, 2.05) is 7.05 Å². The molecule has 19 heavy (non-hydrogen) atoms. The molecule has 1 aromatic carbocycles.